The average Bonchev–Trinajstić information content (AvgIpc) is 3.07. The third-order valence-electron chi connectivity index (χ3n) is 2.40. The van der Waals surface area contributed by atoms with Gasteiger partial charge in [0.1, 0.15) is 11.3 Å². The normalized spacial score (nSPS) is 10.7. The molecule has 0 bridgehead atoms. The molecule has 0 aliphatic heterocycles. The monoisotopic (exact) mass is 307 g/mol. The molecule has 0 radical (unpaired) electrons. The standard InChI is InChI=1S/C11H10ClN7S/c1-7-4-14-8(20-7)5-15-10-16-9(12)17-11(18-10)19-3-2-13-6-19/h2-4,6H,5H2,1H3,(H,15,16,17,18). The van der Waals surface area contributed by atoms with E-state index in [4.69, 9.17) is 11.6 Å². The van der Waals surface area contributed by atoms with Gasteiger partial charge in [-0.2, -0.15) is 15.0 Å². The molecule has 102 valence electrons. The Morgan fingerprint density at radius 2 is 2.25 bits per heavy atom. The van der Waals surface area contributed by atoms with Gasteiger partial charge in [0.15, 0.2) is 0 Å². The van der Waals surface area contributed by atoms with E-state index < -0.39 is 0 Å². The van der Waals surface area contributed by atoms with Gasteiger partial charge in [-0.1, -0.05) is 0 Å². The molecule has 7 nitrogen and oxygen atoms in total. The number of aromatic nitrogens is 6. The second kappa shape index (κ2) is 5.51. The van der Waals surface area contributed by atoms with Crippen molar-refractivity contribution >= 4 is 28.9 Å². The zero-order valence-electron chi connectivity index (χ0n) is 10.5. The fourth-order valence-electron chi connectivity index (χ4n) is 1.55. The number of aryl methyl sites for hydroxylation is 1. The summed E-state index contributed by atoms with van der Waals surface area (Å²) >= 11 is 7.52. The van der Waals surface area contributed by atoms with Gasteiger partial charge in [-0.05, 0) is 18.5 Å². The molecule has 0 aliphatic carbocycles. The van der Waals surface area contributed by atoms with Crippen LogP contribution in [0.2, 0.25) is 5.28 Å². The molecule has 0 unspecified atom stereocenters. The Morgan fingerprint density at radius 1 is 1.35 bits per heavy atom. The Balaban J connectivity index is 1.79. The lowest BCUT2D eigenvalue weighted by Crippen LogP contribution is -2.08. The number of imidazole rings is 1. The van der Waals surface area contributed by atoms with Crippen LogP contribution < -0.4 is 5.32 Å². The third kappa shape index (κ3) is 2.91. The number of rotatable bonds is 4. The molecule has 0 amide bonds. The SMILES string of the molecule is Cc1cnc(CNc2nc(Cl)nc(-n3ccnc3)n2)s1. The second-order valence-electron chi connectivity index (χ2n) is 3.92. The Kier molecular flexibility index (Phi) is 3.57. The molecule has 0 atom stereocenters. The van der Waals surface area contributed by atoms with Crippen LogP contribution >= 0.6 is 22.9 Å². The number of hydrogen-bond acceptors (Lipinski definition) is 7. The molecule has 3 rings (SSSR count). The zero-order chi connectivity index (χ0) is 13.9. The van der Waals surface area contributed by atoms with Gasteiger partial charge in [-0.3, -0.25) is 4.57 Å². The molecule has 0 aliphatic rings. The number of hydrogen-bond donors (Lipinski definition) is 1. The van der Waals surface area contributed by atoms with Crippen LogP contribution in [0.3, 0.4) is 0 Å². The van der Waals surface area contributed by atoms with E-state index in [-0.39, 0.29) is 5.28 Å². The van der Waals surface area contributed by atoms with E-state index in [0.29, 0.717) is 18.4 Å². The van der Waals surface area contributed by atoms with Crippen molar-refractivity contribution in [3.05, 3.63) is 40.1 Å². The molecule has 3 aromatic heterocycles. The van der Waals surface area contributed by atoms with Crippen molar-refractivity contribution in [1.29, 1.82) is 0 Å². The molecule has 3 heterocycles. The predicted octanol–water partition coefficient (Wildman–Crippen LogP) is 2.09. The minimum Gasteiger partial charge on any atom is -0.348 e. The number of thiazole rings is 1. The van der Waals surface area contributed by atoms with Gasteiger partial charge in [0.05, 0.1) is 6.54 Å². The first-order chi connectivity index (χ1) is 9.70. The maximum Gasteiger partial charge on any atom is 0.241 e. The molecule has 0 fully saturated rings. The lowest BCUT2D eigenvalue weighted by atomic mass is 10.6. The van der Waals surface area contributed by atoms with Crippen molar-refractivity contribution in [1.82, 2.24) is 29.5 Å². The predicted molar refractivity (Wildman–Crippen MR) is 76.1 cm³/mol. The largest absolute Gasteiger partial charge is 0.348 e. The highest BCUT2D eigenvalue weighted by molar-refractivity contribution is 7.11. The minimum absolute atomic E-state index is 0.126. The lowest BCUT2D eigenvalue weighted by Gasteiger charge is -2.05. The van der Waals surface area contributed by atoms with Crippen LogP contribution in [0.4, 0.5) is 5.95 Å². The van der Waals surface area contributed by atoms with Crippen LogP contribution in [0, 0.1) is 6.92 Å². The second-order valence-corrected chi connectivity index (χ2v) is 5.57. The van der Waals surface area contributed by atoms with E-state index >= 15 is 0 Å². The Morgan fingerprint density at radius 3 is 2.95 bits per heavy atom. The van der Waals surface area contributed by atoms with E-state index in [1.54, 1.807) is 34.6 Å². The van der Waals surface area contributed by atoms with Crippen molar-refractivity contribution < 1.29 is 0 Å². The van der Waals surface area contributed by atoms with E-state index in [1.807, 2.05) is 13.1 Å². The molecule has 20 heavy (non-hydrogen) atoms. The molecule has 0 spiro atoms. The van der Waals surface area contributed by atoms with Crippen LogP contribution in [0.1, 0.15) is 9.88 Å². The number of nitrogens with one attached hydrogen (secondary N) is 1. The molecule has 3 aromatic rings. The first-order valence-electron chi connectivity index (χ1n) is 5.76. The van der Waals surface area contributed by atoms with Crippen molar-refractivity contribution in [2.45, 2.75) is 13.5 Å². The average molecular weight is 308 g/mol. The van der Waals surface area contributed by atoms with Crippen molar-refractivity contribution in [2.75, 3.05) is 5.32 Å². The van der Waals surface area contributed by atoms with Gasteiger partial charge in [-0.25, -0.2) is 9.97 Å². The smallest absolute Gasteiger partial charge is 0.241 e. The first-order valence-corrected chi connectivity index (χ1v) is 6.95. The van der Waals surface area contributed by atoms with Gasteiger partial charge >= 0.3 is 0 Å². The highest BCUT2D eigenvalue weighted by Crippen LogP contribution is 2.14. The lowest BCUT2D eigenvalue weighted by molar-refractivity contribution is 0.887. The quantitative estimate of drug-likeness (QED) is 0.795. The molecular weight excluding hydrogens is 298 g/mol. The Labute approximate surface area is 123 Å². The van der Waals surface area contributed by atoms with Crippen LogP contribution in [0.15, 0.2) is 24.9 Å². The zero-order valence-corrected chi connectivity index (χ0v) is 12.1. The summed E-state index contributed by atoms with van der Waals surface area (Å²) in [5, 5.41) is 4.17. The number of halogens is 1. The number of anilines is 1. The van der Waals surface area contributed by atoms with Gasteiger partial charge in [-0.15, -0.1) is 11.3 Å². The number of nitrogens with zero attached hydrogens (tertiary/aromatic N) is 6. The molecule has 9 heteroatoms. The van der Waals surface area contributed by atoms with E-state index in [0.717, 1.165) is 9.88 Å². The summed E-state index contributed by atoms with van der Waals surface area (Å²) in [4.78, 5) is 21.7. The van der Waals surface area contributed by atoms with Crippen molar-refractivity contribution in [2.24, 2.45) is 0 Å². The summed E-state index contributed by atoms with van der Waals surface area (Å²) in [5.74, 6) is 0.821. The van der Waals surface area contributed by atoms with Gasteiger partial charge < -0.3 is 5.32 Å². The van der Waals surface area contributed by atoms with Crippen molar-refractivity contribution in [3.8, 4) is 5.95 Å². The summed E-state index contributed by atoms with van der Waals surface area (Å²) in [6, 6.07) is 0. The maximum atomic E-state index is 5.90. The van der Waals surface area contributed by atoms with Crippen LogP contribution in [-0.4, -0.2) is 29.5 Å². The summed E-state index contributed by atoms with van der Waals surface area (Å²) < 4.78 is 1.66. The van der Waals surface area contributed by atoms with Crippen molar-refractivity contribution in [3.63, 3.8) is 0 Å². The molecule has 0 saturated heterocycles. The highest BCUT2D eigenvalue weighted by atomic mass is 35.5. The Hall–Kier alpha value is -2.06. The fraction of sp³-hybridized carbons (Fsp3) is 0.182. The summed E-state index contributed by atoms with van der Waals surface area (Å²) in [6.45, 7) is 2.56. The van der Waals surface area contributed by atoms with Gasteiger partial charge in [0.25, 0.3) is 0 Å². The third-order valence-corrected chi connectivity index (χ3v) is 3.48. The summed E-state index contributed by atoms with van der Waals surface area (Å²) in [5.41, 5.74) is 0. The highest BCUT2D eigenvalue weighted by Gasteiger charge is 2.07. The van der Waals surface area contributed by atoms with E-state index in [2.05, 4.69) is 30.2 Å². The topological polar surface area (TPSA) is 81.4 Å². The Bertz CT molecular complexity index is 709. The van der Waals surface area contributed by atoms with Gasteiger partial charge in [0.2, 0.25) is 17.2 Å². The fourth-order valence-corrected chi connectivity index (χ4v) is 2.43. The van der Waals surface area contributed by atoms with Crippen LogP contribution in [0.25, 0.3) is 5.95 Å². The molecule has 0 saturated carbocycles. The molecular formula is C11H10ClN7S. The van der Waals surface area contributed by atoms with Gasteiger partial charge in [0, 0.05) is 23.5 Å². The minimum atomic E-state index is 0.126. The van der Waals surface area contributed by atoms with E-state index in [9.17, 15) is 0 Å². The first kappa shape index (κ1) is 12.9. The summed E-state index contributed by atoms with van der Waals surface area (Å²) in [6.07, 6.45) is 6.81. The van der Waals surface area contributed by atoms with Crippen LogP contribution in [0.5, 0.6) is 0 Å². The molecule has 0 aromatic carbocycles. The molecule has 1 N–H and O–H groups in total. The van der Waals surface area contributed by atoms with Crippen LogP contribution in [-0.2, 0) is 6.54 Å². The van der Waals surface area contributed by atoms with E-state index in [1.165, 1.54) is 0 Å². The maximum absolute atomic E-state index is 5.90. The summed E-state index contributed by atoms with van der Waals surface area (Å²) in [7, 11) is 0.